The van der Waals surface area contributed by atoms with E-state index in [0.29, 0.717) is 0 Å². The number of rotatable bonds is 3. The molecule has 1 atom stereocenters. The topological polar surface area (TPSA) is 27.0 Å². The van der Waals surface area contributed by atoms with Crippen molar-refractivity contribution < 1.29 is 0 Å². The highest BCUT2D eigenvalue weighted by Crippen LogP contribution is 2.17. The normalized spacial score (nSPS) is 22.4. The summed E-state index contributed by atoms with van der Waals surface area (Å²) < 4.78 is 0. The van der Waals surface area contributed by atoms with Gasteiger partial charge in [-0.1, -0.05) is 0 Å². The molecule has 1 unspecified atom stereocenters. The molecule has 2 heterocycles. The zero-order valence-corrected chi connectivity index (χ0v) is 8.96. The molecule has 1 saturated heterocycles. The van der Waals surface area contributed by atoms with Gasteiger partial charge in [-0.15, -0.1) is 0 Å². The van der Waals surface area contributed by atoms with Crippen molar-refractivity contribution in [1.82, 2.24) is 4.90 Å². The van der Waals surface area contributed by atoms with Gasteiger partial charge in [0, 0.05) is 6.54 Å². The smallest absolute Gasteiger partial charge is 0.0978 e. The Kier molecular flexibility index (Phi) is 3.18. The van der Waals surface area contributed by atoms with Gasteiger partial charge in [0.1, 0.15) is 0 Å². The molecule has 0 saturated carbocycles. The number of thiophene rings is 1. The monoisotopic (exact) mass is 206 g/mol. The molecule has 0 aromatic carbocycles. The molecule has 0 radical (unpaired) electrons. The van der Waals surface area contributed by atoms with Crippen molar-refractivity contribution in [2.75, 3.05) is 13.1 Å². The Morgan fingerprint density at radius 3 is 3.29 bits per heavy atom. The lowest BCUT2D eigenvalue weighted by atomic mass is 10.2. The molecule has 0 spiro atoms. The van der Waals surface area contributed by atoms with E-state index in [2.05, 4.69) is 27.8 Å². The van der Waals surface area contributed by atoms with Crippen molar-refractivity contribution in [2.24, 2.45) is 0 Å². The van der Waals surface area contributed by atoms with Gasteiger partial charge in [-0.05, 0) is 48.2 Å². The van der Waals surface area contributed by atoms with Crippen molar-refractivity contribution in [2.45, 2.75) is 25.3 Å². The van der Waals surface area contributed by atoms with Crippen LogP contribution >= 0.6 is 11.3 Å². The number of hydrogen-bond donors (Lipinski definition) is 0. The lowest BCUT2D eigenvalue weighted by Crippen LogP contribution is -2.30. The summed E-state index contributed by atoms with van der Waals surface area (Å²) in [6.45, 7) is 2.14. The molecule has 74 valence electrons. The Labute approximate surface area is 88.8 Å². The number of hydrogen-bond acceptors (Lipinski definition) is 3. The zero-order valence-electron chi connectivity index (χ0n) is 8.15. The lowest BCUT2D eigenvalue weighted by molar-refractivity contribution is 0.299. The maximum atomic E-state index is 8.90. The molecular weight excluding hydrogens is 192 g/mol. The lowest BCUT2D eigenvalue weighted by Gasteiger charge is -2.18. The third-order valence-corrected chi connectivity index (χ3v) is 3.51. The molecular formula is C11H14N2S. The van der Waals surface area contributed by atoms with Crippen LogP contribution < -0.4 is 0 Å². The van der Waals surface area contributed by atoms with Crippen LogP contribution in [0.25, 0.3) is 0 Å². The minimum absolute atomic E-state index is 0.175. The Hall–Kier alpha value is -0.850. The van der Waals surface area contributed by atoms with E-state index in [0.717, 1.165) is 25.9 Å². The fourth-order valence-corrected chi connectivity index (χ4v) is 2.65. The Morgan fingerprint density at radius 1 is 1.64 bits per heavy atom. The van der Waals surface area contributed by atoms with Crippen molar-refractivity contribution in [3.63, 3.8) is 0 Å². The van der Waals surface area contributed by atoms with Crippen LogP contribution in [-0.2, 0) is 6.42 Å². The molecule has 1 aromatic rings. The Bertz CT molecular complexity index is 313. The summed E-state index contributed by atoms with van der Waals surface area (Å²) >= 11 is 1.75. The third-order valence-electron chi connectivity index (χ3n) is 2.78. The zero-order chi connectivity index (χ0) is 9.80. The van der Waals surface area contributed by atoms with Crippen LogP contribution in [-0.4, -0.2) is 24.0 Å². The van der Waals surface area contributed by atoms with Crippen LogP contribution in [0.2, 0.25) is 0 Å². The minimum Gasteiger partial charge on any atom is -0.288 e. The molecule has 0 N–H and O–H groups in total. The predicted octanol–water partition coefficient (Wildman–Crippen LogP) is 2.28. The number of likely N-dealkylation sites (tertiary alicyclic amines) is 1. The second kappa shape index (κ2) is 4.59. The van der Waals surface area contributed by atoms with E-state index in [-0.39, 0.29) is 6.04 Å². The number of nitrogens with zero attached hydrogens (tertiary/aromatic N) is 2. The summed E-state index contributed by atoms with van der Waals surface area (Å²) in [7, 11) is 0. The molecule has 2 nitrogen and oxygen atoms in total. The van der Waals surface area contributed by atoms with E-state index in [1.54, 1.807) is 11.3 Å². The summed E-state index contributed by atoms with van der Waals surface area (Å²) in [6, 6.07) is 4.72. The molecule has 0 amide bonds. The fourth-order valence-electron chi connectivity index (χ4n) is 1.95. The van der Waals surface area contributed by atoms with Gasteiger partial charge >= 0.3 is 0 Å². The minimum atomic E-state index is 0.175. The summed E-state index contributed by atoms with van der Waals surface area (Å²) in [5, 5.41) is 13.2. The molecule has 0 bridgehead atoms. The Balaban J connectivity index is 1.83. The van der Waals surface area contributed by atoms with Crippen LogP contribution in [0.15, 0.2) is 16.8 Å². The summed E-state index contributed by atoms with van der Waals surface area (Å²) in [5.74, 6) is 0. The van der Waals surface area contributed by atoms with E-state index >= 15 is 0 Å². The standard InChI is InChI=1S/C11H14N2S/c12-8-11-2-1-5-13(11)6-3-10-4-7-14-9-10/h4,7,9,11H,1-3,5-6H2. The van der Waals surface area contributed by atoms with Gasteiger partial charge in [0.25, 0.3) is 0 Å². The molecule has 1 aliphatic heterocycles. The van der Waals surface area contributed by atoms with Crippen LogP contribution in [0.1, 0.15) is 18.4 Å². The molecule has 1 fully saturated rings. The summed E-state index contributed by atoms with van der Waals surface area (Å²) in [6.07, 6.45) is 3.32. The summed E-state index contributed by atoms with van der Waals surface area (Å²) in [5.41, 5.74) is 1.40. The van der Waals surface area contributed by atoms with Crippen LogP contribution in [0, 0.1) is 11.3 Å². The van der Waals surface area contributed by atoms with Crippen molar-refractivity contribution in [1.29, 1.82) is 5.26 Å². The number of nitriles is 1. The average Bonchev–Trinajstić information content (AvgIpc) is 2.85. The van der Waals surface area contributed by atoms with Gasteiger partial charge in [0.2, 0.25) is 0 Å². The van der Waals surface area contributed by atoms with E-state index in [1.807, 2.05) is 0 Å². The van der Waals surface area contributed by atoms with Gasteiger partial charge < -0.3 is 0 Å². The predicted molar refractivity (Wildman–Crippen MR) is 58.2 cm³/mol. The molecule has 0 aliphatic carbocycles. The third kappa shape index (κ3) is 2.14. The average molecular weight is 206 g/mol. The molecule has 14 heavy (non-hydrogen) atoms. The van der Waals surface area contributed by atoms with Crippen molar-refractivity contribution in [3.8, 4) is 6.07 Å². The quantitative estimate of drug-likeness (QED) is 0.758. The van der Waals surface area contributed by atoms with Crippen LogP contribution in [0.3, 0.4) is 0 Å². The van der Waals surface area contributed by atoms with Crippen molar-refractivity contribution >= 4 is 11.3 Å². The fraction of sp³-hybridized carbons (Fsp3) is 0.545. The van der Waals surface area contributed by atoms with Gasteiger partial charge in [0.05, 0.1) is 12.1 Å². The van der Waals surface area contributed by atoms with Gasteiger partial charge in [-0.3, -0.25) is 4.90 Å². The summed E-state index contributed by atoms with van der Waals surface area (Å²) in [4.78, 5) is 2.30. The van der Waals surface area contributed by atoms with Gasteiger partial charge in [0.15, 0.2) is 0 Å². The van der Waals surface area contributed by atoms with E-state index < -0.39 is 0 Å². The highest BCUT2D eigenvalue weighted by atomic mass is 32.1. The first-order valence-corrected chi connectivity index (χ1v) is 5.99. The highest BCUT2D eigenvalue weighted by molar-refractivity contribution is 7.07. The first kappa shape index (κ1) is 9.70. The molecule has 3 heteroatoms. The van der Waals surface area contributed by atoms with E-state index in [1.165, 1.54) is 12.0 Å². The first-order valence-electron chi connectivity index (χ1n) is 5.05. The van der Waals surface area contributed by atoms with E-state index in [4.69, 9.17) is 5.26 Å². The van der Waals surface area contributed by atoms with Crippen LogP contribution in [0.4, 0.5) is 0 Å². The molecule has 2 rings (SSSR count). The first-order chi connectivity index (χ1) is 6.90. The second-order valence-corrected chi connectivity index (χ2v) is 4.48. The molecule has 1 aliphatic rings. The highest BCUT2D eigenvalue weighted by Gasteiger charge is 2.23. The van der Waals surface area contributed by atoms with Crippen molar-refractivity contribution in [3.05, 3.63) is 22.4 Å². The molecule has 1 aromatic heterocycles. The Morgan fingerprint density at radius 2 is 2.57 bits per heavy atom. The van der Waals surface area contributed by atoms with Gasteiger partial charge in [-0.2, -0.15) is 16.6 Å². The maximum Gasteiger partial charge on any atom is 0.0978 e. The largest absolute Gasteiger partial charge is 0.288 e. The van der Waals surface area contributed by atoms with E-state index in [9.17, 15) is 0 Å². The second-order valence-electron chi connectivity index (χ2n) is 3.70. The maximum absolute atomic E-state index is 8.90. The van der Waals surface area contributed by atoms with Crippen LogP contribution in [0.5, 0.6) is 0 Å². The van der Waals surface area contributed by atoms with Gasteiger partial charge in [-0.25, -0.2) is 0 Å². The SMILES string of the molecule is N#CC1CCCN1CCc1ccsc1.